The lowest BCUT2D eigenvalue weighted by atomic mass is 10.2. The molecule has 0 unspecified atom stereocenters. The van der Waals surface area contributed by atoms with E-state index in [-0.39, 0.29) is 11.6 Å². The number of carbonyl (C=O) groups excluding carboxylic acids is 1. The van der Waals surface area contributed by atoms with Crippen molar-refractivity contribution < 1.29 is 9.72 Å². The third-order valence-electron chi connectivity index (χ3n) is 2.66. The molecule has 0 aliphatic heterocycles. The van der Waals surface area contributed by atoms with E-state index in [9.17, 15) is 14.9 Å². The van der Waals surface area contributed by atoms with Gasteiger partial charge in [0.15, 0.2) is 0 Å². The van der Waals surface area contributed by atoms with Gasteiger partial charge in [-0.2, -0.15) is 0 Å². The second kappa shape index (κ2) is 7.19. The molecule has 1 aromatic carbocycles. The molecule has 0 spiro atoms. The highest BCUT2D eigenvalue weighted by Crippen LogP contribution is 2.23. The Morgan fingerprint density at radius 2 is 2.33 bits per heavy atom. The number of anilines is 1. The molecule has 0 bridgehead atoms. The number of nitro groups is 1. The fraction of sp³-hybridized carbons (Fsp3) is 0.231. The summed E-state index contributed by atoms with van der Waals surface area (Å²) in [5, 5.41) is 15.3. The van der Waals surface area contributed by atoms with Crippen LogP contribution in [0.5, 0.6) is 0 Å². The first-order valence-corrected chi connectivity index (χ1v) is 8.00. The predicted octanol–water partition coefficient (Wildman–Crippen LogP) is 3.48. The summed E-state index contributed by atoms with van der Waals surface area (Å²) in [7, 11) is 0. The minimum atomic E-state index is -0.455. The van der Waals surface area contributed by atoms with Crippen LogP contribution in [-0.2, 0) is 4.79 Å². The zero-order valence-electron chi connectivity index (χ0n) is 11.2. The molecule has 0 saturated heterocycles. The molecule has 0 fully saturated rings. The zero-order valence-corrected chi connectivity index (χ0v) is 12.9. The van der Waals surface area contributed by atoms with Crippen LogP contribution in [-0.4, -0.2) is 21.6 Å². The van der Waals surface area contributed by atoms with Crippen molar-refractivity contribution >= 4 is 40.4 Å². The summed E-state index contributed by atoms with van der Waals surface area (Å²) in [5.41, 5.74) is 1.29. The van der Waals surface area contributed by atoms with Gasteiger partial charge in [-0.25, -0.2) is 4.98 Å². The molecule has 21 heavy (non-hydrogen) atoms. The van der Waals surface area contributed by atoms with Crippen molar-refractivity contribution in [3.8, 4) is 0 Å². The van der Waals surface area contributed by atoms with Crippen molar-refractivity contribution in [2.75, 3.05) is 11.1 Å². The van der Waals surface area contributed by atoms with Gasteiger partial charge in [-0.15, -0.1) is 11.3 Å². The van der Waals surface area contributed by atoms with Crippen LogP contribution in [0.15, 0.2) is 34.1 Å². The Balaban J connectivity index is 1.86. The van der Waals surface area contributed by atoms with E-state index in [1.54, 1.807) is 30.5 Å². The summed E-state index contributed by atoms with van der Waals surface area (Å²) < 4.78 is 0.939. The summed E-state index contributed by atoms with van der Waals surface area (Å²) in [6.07, 6.45) is 2.09. The van der Waals surface area contributed by atoms with Crippen LogP contribution < -0.4 is 5.32 Å². The summed E-state index contributed by atoms with van der Waals surface area (Å²) in [5.74, 6) is 0.529. The number of thiazole rings is 1. The Morgan fingerprint density at radius 3 is 2.95 bits per heavy atom. The van der Waals surface area contributed by atoms with Crippen LogP contribution in [0.4, 0.5) is 11.4 Å². The Morgan fingerprint density at radius 1 is 1.52 bits per heavy atom. The van der Waals surface area contributed by atoms with Crippen molar-refractivity contribution in [1.82, 2.24) is 4.98 Å². The topological polar surface area (TPSA) is 85.1 Å². The zero-order chi connectivity index (χ0) is 15.2. The molecule has 1 amide bonds. The van der Waals surface area contributed by atoms with E-state index in [1.807, 2.05) is 5.38 Å². The highest BCUT2D eigenvalue weighted by Gasteiger charge is 2.10. The molecule has 6 nitrogen and oxygen atoms in total. The number of nitro benzene ring substituents is 1. The Hall–Kier alpha value is -1.93. The Labute approximate surface area is 129 Å². The molecule has 0 aliphatic carbocycles. The molecule has 1 aromatic heterocycles. The summed E-state index contributed by atoms with van der Waals surface area (Å²) >= 11 is 3.08. The number of benzene rings is 1. The lowest BCUT2D eigenvalue weighted by Crippen LogP contribution is -2.13. The molecule has 0 saturated carbocycles. The van der Waals surface area contributed by atoms with Crippen LogP contribution in [0.25, 0.3) is 0 Å². The normalized spacial score (nSPS) is 10.3. The summed E-state index contributed by atoms with van der Waals surface area (Å²) in [4.78, 5) is 26.2. The molecule has 8 heteroatoms. The van der Waals surface area contributed by atoms with Gasteiger partial charge in [-0.05, 0) is 18.6 Å². The maximum absolute atomic E-state index is 11.8. The third kappa shape index (κ3) is 4.54. The van der Waals surface area contributed by atoms with Crippen LogP contribution in [0.2, 0.25) is 0 Å². The average molecular weight is 323 g/mol. The molecule has 0 aliphatic rings. The lowest BCUT2D eigenvalue weighted by Gasteiger charge is -2.07. The highest BCUT2D eigenvalue weighted by atomic mass is 32.2. The minimum absolute atomic E-state index is 0.0184. The van der Waals surface area contributed by atoms with E-state index in [1.165, 1.54) is 23.9 Å². The van der Waals surface area contributed by atoms with E-state index in [0.717, 1.165) is 4.34 Å². The number of amides is 1. The van der Waals surface area contributed by atoms with E-state index in [4.69, 9.17) is 0 Å². The molecule has 0 radical (unpaired) electrons. The predicted molar refractivity (Wildman–Crippen MR) is 83.9 cm³/mol. The second-order valence-corrected chi connectivity index (χ2v) is 6.44. The maximum atomic E-state index is 11.8. The van der Waals surface area contributed by atoms with Crippen LogP contribution in [0, 0.1) is 17.0 Å². The molecule has 1 heterocycles. The van der Waals surface area contributed by atoms with Crippen LogP contribution in [0.3, 0.4) is 0 Å². The second-order valence-electron chi connectivity index (χ2n) is 4.20. The first-order chi connectivity index (χ1) is 10.1. The molecule has 0 atom stereocenters. The molecule has 2 aromatic rings. The largest absolute Gasteiger partial charge is 0.326 e. The number of hydrogen-bond donors (Lipinski definition) is 1. The van der Waals surface area contributed by atoms with Gasteiger partial charge in [0.05, 0.1) is 4.92 Å². The number of nitrogens with one attached hydrogen (secondary N) is 1. The average Bonchev–Trinajstić information content (AvgIpc) is 2.94. The summed E-state index contributed by atoms with van der Waals surface area (Å²) in [6.45, 7) is 1.73. The SMILES string of the molecule is Cc1cc([N+](=O)[O-])ccc1NC(=O)CCSc1nccs1. The van der Waals surface area contributed by atoms with Gasteiger partial charge in [0.25, 0.3) is 5.69 Å². The number of aromatic nitrogens is 1. The van der Waals surface area contributed by atoms with Gasteiger partial charge in [-0.1, -0.05) is 11.8 Å². The molecule has 2 rings (SSSR count). The fourth-order valence-corrected chi connectivity index (χ4v) is 3.27. The highest BCUT2D eigenvalue weighted by molar-refractivity contribution is 8.01. The molecular formula is C13H13N3O3S2. The molecular weight excluding hydrogens is 310 g/mol. The fourth-order valence-electron chi connectivity index (χ4n) is 1.63. The van der Waals surface area contributed by atoms with E-state index < -0.39 is 4.92 Å². The van der Waals surface area contributed by atoms with Gasteiger partial charge in [-0.3, -0.25) is 14.9 Å². The first-order valence-electron chi connectivity index (χ1n) is 6.13. The van der Waals surface area contributed by atoms with Crippen molar-refractivity contribution in [3.05, 3.63) is 45.5 Å². The standard InChI is InChI=1S/C13H13N3O3S2/c1-9-8-10(16(18)19)2-3-11(9)15-12(17)4-6-20-13-14-5-7-21-13/h2-3,5,7-8H,4,6H2,1H3,(H,15,17). The van der Waals surface area contributed by atoms with Gasteiger partial charge in [0.1, 0.15) is 4.34 Å². The van der Waals surface area contributed by atoms with Crippen LogP contribution >= 0.6 is 23.1 Å². The smallest absolute Gasteiger partial charge is 0.269 e. The van der Waals surface area contributed by atoms with E-state index in [0.29, 0.717) is 23.4 Å². The van der Waals surface area contributed by atoms with Gasteiger partial charge in [0.2, 0.25) is 5.91 Å². The molecule has 110 valence electrons. The Bertz CT molecular complexity index is 644. The number of carbonyl (C=O) groups is 1. The number of hydrogen-bond acceptors (Lipinski definition) is 6. The van der Waals surface area contributed by atoms with Crippen molar-refractivity contribution in [1.29, 1.82) is 0 Å². The first kappa shape index (κ1) is 15.5. The summed E-state index contributed by atoms with van der Waals surface area (Å²) in [6, 6.07) is 4.38. The van der Waals surface area contributed by atoms with E-state index in [2.05, 4.69) is 10.3 Å². The number of rotatable bonds is 6. The van der Waals surface area contributed by atoms with Crippen molar-refractivity contribution in [3.63, 3.8) is 0 Å². The number of nitrogens with zero attached hydrogens (tertiary/aromatic N) is 2. The van der Waals surface area contributed by atoms with Crippen molar-refractivity contribution in [2.45, 2.75) is 17.7 Å². The number of aryl methyl sites for hydroxylation is 1. The monoisotopic (exact) mass is 323 g/mol. The minimum Gasteiger partial charge on any atom is -0.326 e. The lowest BCUT2D eigenvalue weighted by molar-refractivity contribution is -0.384. The van der Waals surface area contributed by atoms with E-state index >= 15 is 0 Å². The number of non-ortho nitro benzene ring substituents is 1. The Kier molecular flexibility index (Phi) is 5.29. The van der Waals surface area contributed by atoms with Gasteiger partial charge >= 0.3 is 0 Å². The van der Waals surface area contributed by atoms with Crippen molar-refractivity contribution in [2.24, 2.45) is 0 Å². The van der Waals surface area contributed by atoms with Gasteiger partial charge < -0.3 is 5.32 Å². The van der Waals surface area contributed by atoms with Crippen LogP contribution in [0.1, 0.15) is 12.0 Å². The molecule has 1 N–H and O–H groups in total. The third-order valence-corrected chi connectivity index (χ3v) is 4.63. The quantitative estimate of drug-likeness (QED) is 0.500. The number of thioether (sulfide) groups is 1. The maximum Gasteiger partial charge on any atom is 0.269 e. The van der Waals surface area contributed by atoms with Gasteiger partial charge in [0, 0.05) is 41.6 Å².